The van der Waals surface area contributed by atoms with Crippen molar-refractivity contribution in [2.24, 2.45) is 5.92 Å². The number of hydrogen-bond acceptors (Lipinski definition) is 4. The lowest BCUT2D eigenvalue weighted by molar-refractivity contribution is 0.0950. The molecule has 0 aliphatic carbocycles. The van der Waals surface area contributed by atoms with E-state index in [4.69, 9.17) is 4.74 Å². The first-order chi connectivity index (χ1) is 9.26. The Balaban J connectivity index is 2.04. The summed E-state index contributed by atoms with van der Waals surface area (Å²) in [6, 6.07) is 0.437. The molecular formula is C14H26N4O. The average molecular weight is 266 g/mol. The van der Waals surface area contributed by atoms with Gasteiger partial charge in [-0.1, -0.05) is 6.92 Å². The summed E-state index contributed by atoms with van der Waals surface area (Å²) in [6.07, 6.45) is 5.23. The van der Waals surface area contributed by atoms with Gasteiger partial charge in [-0.3, -0.25) is 4.68 Å². The van der Waals surface area contributed by atoms with E-state index in [9.17, 15) is 0 Å². The summed E-state index contributed by atoms with van der Waals surface area (Å²) in [5.41, 5.74) is 0. The van der Waals surface area contributed by atoms with Crippen molar-refractivity contribution >= 4 is 0 Å². The quantitative estimate of drug-likeness (QED) is 0.815. The Morgan fingerprint density at radius 3 is 3.00 bits per heavy atom. The van der Waals surface area contributed by atoms with Crippen LogP contribution in [0.4, 0.5) is 0 Å². The first-order valence-corrected chi connectivity index (χ1v) is 7.47. The fourth-order valence-corrected chi connectivity index (χ4v) is 2.89. The minimum atomic E-state index is 0.340. The highest BCUT2D eigenvalue weighted by molar-refractivity contribution is 4.94. The number of rotatable bonds is 7. The molecule has 0 bridgehead atoms. The highest BCUT2D eigenvalue weighted by Crippen LogP contribution is 2.25. The van der Waals surface area contributed by atoms with Crippen molar-refractivity contribution in [3.63, 3.8) is 0 Å². The topological polar surface area (TPSA) is 52.0 Å². The van der Waals surface area contributed by atoms with Crippen molar-refractivity contribution in [2.45, 2.75) is 58.7 Å². The zero-order chi connectivity index (χ0) is 13.7. The molecular weight excluding hydrogens is 240 g/mol. The third-order valence-electron chi connectivity index (χ3n) is 4.01. The Labute approximate surface area is 115 Å². The van der Waals surface area contributed by atoms with Crippen LogP contribution in [0.1, 0.15) is 39.4 Å². The van der Waals surface area contributed by atoms with Gasteiger partial charge in [0.2, 0.25) is 0 Å². The SMILES string of the molecule is CCCNC(Cc1ncnn1CC)C1CCOC1C. The van der Waals surface area contributed by atoms with Gasteiger partial charge < -0.3 is 10.1 Å². The molecule has 1 aliphatic heterocycles. The Hall–Kier alpha value is -0.940. The average Bonchev–Trinajstić information content (AvgIpc) is 3.03. The van der Waals surface area contributed by atoms with Crippen molar-refractivity contribution in [3.8, 4) is 0 Å². The van der Waals surface area contributed by atoms with E-state index in [0.717, 1.165) is 44.8 Å². The van der Waals surface area contributed by atoms with Gasteiger partial charge in [-0.15, -0.1) is 0 Å². The van der Waals surface area contributed by atoms with Crippen LogP contribution in [0.25, 0.3) is 0 Å². The maximum Gasteiger partial charge on any atom is 0.138 e. The number of aromatic nitrogens is 3. The third-order valence-corrected chi connectivity index (χ3v) is 4.01. The maximum atomic E-state index is 5.72. The number of ether oxygens (including phenoxy) is 1. The molecule has 108 valence electrons. The van der Waals surface area contributed by atoms with Crippen LogP contribution < -0.4 is 5.32 Å². The molecule has 0 saturated carbocycles. The van der Waals surface area contributed by atoms with Gasteiger partial charge in [-0.25, -0.2) is 4.98 Å². The second-order valence-corrected chi connectivity index (χ2v) is 5.29. The molecule has 2 rings (SSSR count). The van der Waals surface area contributed by atoms with Crippen LogP contribution in [0.5, 0.6) is 0 Å². The van der Waals surface area contributed by atoms with Crippen molar-refractivity contribution in [3.05, 3.63) is 12.2 Å². The summed E-state index contributed by atoms with van der Waals surface area (Å²) in [4.78, 5) is 4.40. The summed E-state index contributed by atoms with van der Waals surface area (Å²) in [6.45, 7) is 9.31. The lowest BCUT2D eigenvalue weighted by Gasteiger charge is -2.26. The van der Waals surface area contributed by atoms with Gasteiger partial charge in [0.05, 0.1) is 6.10 Å². The smallest absolute Gasteiger partial charge is 0.138 e. The highest BCUT2D eigenvalue weighted by atomic mass is 16.5. The fourth-order valence-electron chi connectivity index (χ4n) is 2.89. The summed E-state index contributed by atoms with van der Waals surface area (Å²) < 4.78 is 7.71. The predicted molar refractivity (Wildman–Crippen MR) is 75.0 cm³/mol. The largest absolute Gasteiger partial charge is 0.378 e. The summed E-state index contributed by atoms with van der Waals surface area (Å²) in [7, 11) is 0. The van der Waals surface area contributed by atoms with E-state index in [1.54, 1.807) is 6.33 Å². The Morgan fingerprint density at radius 1 is 1.53 bits per heavy atom. The molecule has 0 aromatic carbocycles. The van der Waals surface area contributed by atoms with E-state index >= 15 is 0 Å². The molecule has 3 atom stereocenters. The molecule has 19 heavy (non-hydrogen) atoms. The predicted octanol–water partition coefficient (Wildman–Crippen LogP) is 1.63. The van der Waals surface area contributed by atoms with Gasteiger partial charge in [0.1, 0.15) is 12.2 Å². The zero-order valence-corrected chi connectivity index (χ0v) is 12.3. The van der Waals surface area contributed by atoms with Crippen molar-refractivity contribution in [1.82, 2.24) is 20.1 Å². The highest BCUT2D eigenvalue weighted by Gasteiger charge is 2.32. The summed E-state index contributed by atoms with van der Waals surface area (Å²) in [5.74, 6) is 1.66. The molecule has 5 heteroatoms. The van der Waals surface area contributed by atoms with Crippen LogP contribution in [0, 0.1) is 5.92 Å². The minimum Gasteiger partial charge on any atom is -0.378 e. The molecule has 1 aromatic heterocycles. The molecule has 2 heterocycles. The van der Waals surface area contributed by atoms with E-state index in [1.807, 2.05) is 4.68 Å². The van der Waals surface area contributed by atoms with E-state index < -0.39 is 0 Å². The summed E-state index contributed by atoms with van der Waals surface area (Å²) in [5, 5.41) is 7.93. The molecule has 3 unspecified atom stereocenters. The number of nitrogens with zero attached hydrogens (tertiary/aromatic N) is 3. The number of aryl methyl sites for hydroxylation is 1. The fraction of sp³-hybridized carbons (Fsp3) is 0.857. The van der Waals surface area contributed by atoms with Gasteiger partial charge in [-0.05, 0) is 33.2 Å². The van der Waals surface area contributed by atoms with Crippen molar-refractivity contribution in [1.29, 1.82) is 0 Å². The Morgan fingerprint density at radius 2 is 2.37 bits per heavy atom. The first-order valence-electron chi connectivity index (χ1n) is 7.47. The van der Waals surface area contributed by atoms with Crippen LogP contribution >= 0.6 is 0 Å². The molecule has 1 saturated heterocycles. The number of hydrogen-bond donors (Lipinski definition) is 1. The zero-order valence-electron chi connectivity index (χ0n) is 12.3. The van der Waals surface area contributed by atoms with Crippen LogP contribution in [0.15, 0.2) is 6.33 Å². The second-order valence-electron chi connectivity index (χ2n) is 5.29. The van der Waals surface area contributed by atoms with Crippen LogP contribution in [0.3, 0.4) is 0 Å². The van der Waals surface area contributed by atoms with Gasteiger partial charge in [0.15, 0.2) is 0 Å². The molecule has 1 fully saturated rings. The normalized spacial score (nSPS) is 24.8. The minimum absolute atomic E-state index is 0.340. The third kappa shape index (κ3) is 3.54. The van der Waals surface area contributed by atoms with Crippen molar-refractivity contribution < 1.29 is 4.74 Å². The molecule has 0 spiro atoms. The van der Waals surface area contributed by atoms with E-state index in [2.05, 4.69) is 36.2 Å². The van der Waals surface area contributed by atoms with Gasteiger partial charge >= 0.3 is 0 Å². The standard InChI is InChI=1S/C14H26N4O/c1-4-7-15-13(12-6-8-19-11(12)3)9-14-16-10-17-18(14)5-2/h10-13,15H,4-9H2,1-3H3. The molecule has 1 N–H and O–H groups in total. The molecule has 0 radical (unpaired) electrons. The number of nitrogens with one attached hydrogen (secondary N) is 1. The van der Waals surface area contributed by atoms with Crippen LogP contribution in [0.2, 0.25) is 0 Å². The molecule has 1 aromatic rings. The molecule has 0 amide bonds. The second kappa shape index (κ2) is 7.01. The molecule has 5 nitrogen and oxygen atoms in total. The maximum absolute atomic E-state index is 5.72. The monoisotopic (exact) mass is 266 g/mol. The van der Waals surface area contributed by atoms with Gasteiger partial charge in [0.25, 0.3) is 0 Å². The Bertz CT molecular complexity index is 379. The van der Waals surface area contributed by atoms with E-state index in [0.29, 0.717) is 18.1 Å². The lowest BCUT2D eigenvalue weighted by Crippen LogP contribution is -2.41. The van der Waals surface area contributed by atoms with E-state index in [-0.39, 0.29) is 0 Å². The lowest BCUT2D eigenvalue weighted by atomic mass is 9.91. The van der Waals surface area contributed by atoms with Gasteiger partial charge in [0, 0.05) is 31.5 Å². The first kappa shape index (κ1) is 14.5. The van der Waals surface area contributed by atoms with Crippen LogP contribution in [-0.2, 0) is 17.7 Å². The Kier molecular flexibility index (Phi) is 5.34. The summed E-state index contributed by atoms with van der Waals surface area (Å²) >= 11 is 0. The van der Waals surface area contributed by atoms with Gasteiger partial charge in [-0.2, -0.15) is 5.10 Å². The van der Waals surface area contributed by atoms with Crippen LogP contribution in [-0.4, -0.2) is 40.1 Å². The van der Waals surface area contributed by atoms with Crippen molar-refractivity contribution in [2.75, 3.05) is 13.2 Å². The molecule has 1 aliphatic rings. The van der Waals surface area contributed by atoms with E-state index in [1.165, 1.54) is 0 Å².